The molecule has 1 aliphatic rings. The fourth-order valence-corrected chi connectivity index (χ4v) is 2.09. The van der Waals surface area contributed by atoms with Crippen molar-refractivity contribution >= 4 is 18.3 Å². The first-order valence-corrected chi connectivity index (χ1v) is 6.58. The molecule has 4 nitrogen and oxygen atoms in total. The summed E-state index contributed by atoms with van der Waals surface area (Å²) in [4.78, 5) is 11.9. The van der Waals surface area contributed by atoms with Crippen LogP contribution in [0.15, 0.2) is 24.3 Å². The van der Waals surface area contributed by atoms with E-state index >= 15 is 0 Å². The SMILES string of the molecule is CC(Oc1cccc(F)c1)C(=O)N[C@H]1CCCNC1.Cl. The third-order valence-electron chi connectivity index (χ3n) is 3.12. The average Bonchev–Trinajstić information content (AvgIpc) is 2.40. The molecule has 1 heterocycles. The minimum absolute atomic E-state index is 0. The van der Waals surface area contributed by atoms with Crippen LogP contribution >= 0.6 is 12.4 Å². The molecule has 0 spiro atoms. The van der Waals surface area contributed by atoms with Gasteiger partial charge in [-0.2, -0.15) is 0 Å². The van der Waals surface area contributed by atoms with Gasteiger partial charge in [0.25, 0.3) is 5.91 Å². The van der Waals surface area contributed by atoms with Crippen molar-refractivity contribution < 1.29 is 13.9 Å². The zero-order valence-electron chi connectivity index (χ0n) is 11.4. The van der Waals surface area contributed by atoms with Crippen LogP contribution in [0, 0.1) is 5.82 Å². The summed E-state index contributed by atoms with van der Waals surface area (Å²) in [6, 6.07) is 5.95. The van der Waals surface area contributed by atoms with Crippen molar-refractivity contribution in [3.05, 3.63) is 30.1 Å². The molecule has 2 rings (SSSR count). The van der Waals surface area contributed by atoms with E-state index in [1.807, 2.05) is 0 Å². The van der Waals surface area contributed by atoms with Gasteiger partial charge in [0.05, 0.1) is 0 Å². The van der Waals surface area contributed by atoms with E-state index in [0.717, 1.165) is 25.9 Å². The van der Waals surface area contributed by atoms with Crippen molar-refractivity contribution in [1.29, 1.82) is 0 Å². The number of carbonyl (C=O) groups is 1. The highest BCUT2D eigenvalue weighted by Crippen LogP contribution is 2.14. The molecule has 1 amide bonds. The van der Waals surface area contributed by atoms with Crippen molar-refractivity contribution in [2.45, 2.75) is 31.9 Å². The van der Waals surface area contributed by atoms with Crippen LogP contribution in [0.5, 0.6) is 5.75 Å². The van der Waals surface area contributed by atoms with E-state index in [4.69, 9.17) is 4.74 Å². The van der Waals surface area contributed by atoms with E-state index in [0.29, 0.717) is 5.75 Å². The van der Waals surface area contributed by atoms with Crippen LogP contribution in [0.2, 0.25) is 0 Å². The number of halogens is 2. The predicted molar refractivity (Wildman–Crippen MR) is 77.8 cm³/mol. The van der Waals surface area contributed by atoms with Gasteiger partial charge >= 0.3 is 0 Å². The highest BCUT2D eigenvalue weighted by atomic mass is 35.5. The Balaban J connectivity index is 0.00000200. The van der Waals surface area contributed by atoms with Crippen molar-refractivity contribution in [1.82, 2.24) is 10.6 Å². The maximum Gasteiger partial charge on any atom is 0.261 e. The summed E-state index contributed by atoms with van der Waals surface area (Å²) < 4.78 is 18.4. The summed E-state index contributed by atoms with van der Waals surface area (Å²) >= 11 is 0. The lowest BCUT2D eigenvalue weighted by molar-refractivity contribution is -0.128. The van der Waals surface area contributed by atoms with Crippen LogP contribution < -0.4 is 15.4 Å². The Hall–Kier alpha value is -1.33. The van der Waals surface area contributed by atoms with E-state index in [1.54, 1.807) is 19.1 Å². The number of amides is 1. The molecule has 20 heavy (non-hydrogen) atoms. The minimum Gasteiger partial charge on any atom is -0.481 e. The van der Waals surface area contributed by atoms with Crippen LogP contribution in [-0.2, 0) is 4.79 Å². The van der Waals surface area contributed by atoms with E-state index in [9.17, 15) is 9.18 Å². The van der Waals surface area contributed by atoms with Crippen LogP contribution in [0.1, 0.15) is 19.8 Å². The first-order valence-electron chi connectivity index (χ1n) is 6.58. The highest BCUT2D eigenvalue weighted by molar-refractivity contribution is 5.85. The second kappa shape index (κ2) is 8.07. The van der Waals surface area contributed by atoms with Gasteiger partial charge in [-0.3, -0.25) is 4.79 Å². The molecule has 1 aromatic rings. The first-order chi connectivity index (χ1) is 9.15. The van der Waals surface area contributed by atoms with Gasteiger partial charge in [0, 0.05) is 18.7 Å². The third-order valence-corrected chi connectivity index (χ3v) is 3.12. The number of carbonyl (C=O) groups excluding carboxylic acids is 1. The molecular formula is C14H20ClFN2O2. The quantitative estimate of drug-likeness (QED) is 0.893. The van der Waals surface area contributed by atoms with Gasteiger partial charge in [0.15, 0.2) is 6.10 Å². The smallest absolute Gasteiger partial charge is 0.261 e. The number of benzene rings is 1. The van der Waals surface area contributed by atoms with Crippen molar-refractivity contribution in [3.63, 3.8) is 0 Å². The Kier molecular flexibility index (Phi) is 6.75. The lowest BCUT2D eigenvalue weighted by Crippen LogP contribution is -2.49. The molecular weight excluding hydrogens is 283 g/mol. The second-order valence-corrected chi connectivity index (χ2v) is 4.77. The molecule has 2 N–H and O–H groups in total. The molecule has 0 saturated carbocycles. The molecule has 2 atom stereocenters. The second-order valence-electron chi connectivity index (χ2n) is 4.77. The van der Waals surface area contributed by atoms with E-state index in [-0.39, 0.29) is 30.2 Å². The fourth-order valence-electron chi connectivity index (χ4n) is 2.09. The largest absolute Gasteiger partial charge is 0.481 e. The highest BCUT2D eigenvalue weighted by Gasteiger charge is 2.20. The number of hydrogen-bond acceptors (Lipinski definition) is 3. The van der Waals surface area contributed by atoms with Crippen LogP contribution in [-0.4, -0.2) is 31.1 Å². The molecule has 1 fully saturated rings. The monoisotopic (exact) mass is 302 g/mol. The topological polar surface area (TPSA) is 50.4 Å². The number of nitrogens with one attached hydrogen (secondary N) is 2. The molecule has 0 radical (unpaired) electrons. The Morgan fingerprint density at radius 3 is 3.00 bits per heavy atom. The van der Waals surface area contributed by atoms with Crippen molar-refractivity contribution in [2.75, 3.05) is 13.1 Å². The summed E-state index contributed by atoms with van der Waals surface area (Å²) in [6.07, 6.45) is 1.40. The average molecular weight is 303 g/mol. The minimum atomic E-state index is -0.635. The summed E-state index contributed by atoms with van der Waals surface area (Å²) in [5.74, 6) is -0.177. The summed E-state index contributed by atoms with van der Waals surface area (Å²) in [5, 5.41) is 6.16. The standard InChI is InChI=1S/C14H19FN2O2.ClH/c1-10(19-13-6-2-4-11(15)8-13)14(18)17-12-5-3-7-16-9-12;/h2,4,6,8,10,12,16H,3,5,7,9H2,1H3,(H,17,18);1H/t10?,12-;/m0./s1. The van der Waals surface area contributed by atoms with Crippen LogP contribution in [0.4, 0.5) is 4.39 Å². The van der Waals surface area contributed by atoms with Crippen molar-refractivity contribution in [3.8, 4) is 5.75 Å². The molecule has 6 heteroatoms. The lowest BCUT2D eigenvalue weighted by atomic mass is 10.1. The Morgan fingerprint density at radius 1 is 1.55 bits per heavy atom. The Morgan fingerprint density at radius 2 is 2.35 bits per heavy atom. The van der Waals surface area contributed by atoms with Gasteiger partial charge in [-0.15, -0.1) is 12.4 Å². The summed E-state index contributed by atoms with van der Waals surface area (Å²) in [6.45, 7) is 3.45. The van der Waals surface area contributed by atoms with E-state index in [1.165, 1.54) is 12.1 Å². The normalized spacial score (nSPS) is 19.6. The van der Waals surface area contributed by atoms with Crippen LogP contribution in [0.3, 0.4) is 0 Å². The third kappa shape index (κ3) is 4.98. The fraction of sp³-hybridized carbons (Fsp3) is 0.500. The van der Waals surface area contributed by atoms with E-state index < -0.39 is 6.10 Å². The number of ether oxygens (including phenoxy) is 1. The molecule has 1 aromatic carbocycles. The Labute approximate surface area is 124 Å². The zero-order chi connectivity index (χ0) is 13.7. The number of rotatable bonds is 4. The molecule has 1 unspecified atom stereocenters. The van der Waals surface area contributed by atoms with Gasteiger partial charge in [0.1, 0.15) is 11.6 Å². The first kappa shape index (κ1) is 16.7. The molecule has 112 valence electrons. The van der Waals surface area contributed by atoms with Crippen LogP contribution in [0.25, 0.3) is 0 Å². The zero-order valence-corrected chi connectivity index (χ0v) is 12.2. The van der Waals surface area contributed by atoms with Gasteiger partial charge in [-0.05, 0) is 38.4 Å². The van der Waals surface area contributed by atoms with Gasteiger partial charge in [0.2, 0.25) is 0 Å². The number of piperidine rings is 1. The molecule has 0 aliphatic carbocycles. The maximum atomic E-state index is 13.0. The number of hydrogen-bond donors (Lipinski definition) is 2. The van der Waals surface area contributed by atoms with Gasteiger partial charge < -0.3 is 15.4 Å². The maximum absolute atomic E-state index is 13.0. The summed E-state index contributed by atoms with van der Waals surface area (Å²) in [7, 11) is 0. The summed E-state index contributed by atoms with van der Waals surface area (Å²) in [5.41, 5.74) is 0. The molecule has 1 saturated heterocycles. The van der Waals surface area contributed by atoms with E-state index in [2.05, 4.69) is 10.6 Å². The molecule has 0 bridgehead atoms. The molecule has 1 aliphatic heterocycles. The molecule has 0 aromatic heterocycles. The van der Waals surface area contributed by atoms with Gasteiger partial charge in [-0.25, -0.2) is 4.39 Å². The van der Waals surface area contributed by atoms with Crippen molar-refractivity contribution in [2.24, 2.45) is 0 Å². The Bertz CT molecular complexity index is 439. The predicted octanol–water partition coefficient (Wildman–Crippen LogP) is 1.88. The van der Waals surface area contributed by atoms with Gasteiger partial charge in [-0.1, -0.05) is 6.07 Å². The lowest BCUT2D eigenvalue weighted by Gasteiger charge is -2.25.